The van der Waals surface area contributed by atoms with E-state index < -0.39 is 9.84 Å². The van der Waals surface area contributed by atoms with E-state index in [2.05, 4.69) is 0 Å². The van der Waals surface area contributed by atoms with Crippen molar-refractivity contribution in [2.45, 2.75) is 18.2 Å². The van der Waals surface area contributed by atoms with Crippen LogP contribution in [0.1, 0.15) is 5.56 Å². The minimum Gasteiger partial charge on any atom is -0.316 e. The lowest BCUT2D eigenvalue weighted by molar-refractivity contribution is 0.601. The Kier molecular flexibility index (Phi) is 3.99. The molecule has 0 amide bonds. The number of hydrogen-bond donors (Lipinski definition) is 1. The maximum atomic E-state index is 11.7. The minimum absolute atomic E-state index is 0. The number of sulfone groups is 1. The largest absolute Gasteiger partial charge is 0.316 e. The van der Waals surface area contributed by atoms with Crippen molar-refractivity contribution in [3.63, 3.8) is 0 Å². The molecule has 2 unspecified atom stereocenters. The number of fused-ring (bicyclic) bond motifs is 1. The molecule has 2 heterocycles. The van der Waals surface area contributed by atoms with Gasteiger partial charge in [-0.3, -0.25) is 5.41 Å². The fraction of sp³-hybridized carbons (Fsp3) is 0.417. The van der Waals surface area contributed by atoms with Crippen LogP contribution in [0.15, 0.2) is 24.3 Å². The normalized spacial score (nSPS) is 28.1. The average molecular weight is 363 g/mol. The Labute approximate surface area is 127 Å². The number of amidine groups is 1. The van der Waals surface area contributed by atoms with E-state index in [9.17, 15) is 8.42 Å². The van der Waals surface area contributed by atoms with Crippen molar-refractivity contribution in [2.24, 2.45) is 0 Å². The van der Waals surface area contributed by atoms with Crippen molar-refractivity contribution in [2.75, 3.05) is 16.4 Å². The number of para-hydroxylation sites is 1. The molecule has 0 spiro atoms. The van der Waals surface area contributed by atoms with Crippen LogP contribution in [-0.2, 0) is 9.84 Å². The molecule has 1 aromatic rings. The SMILES string of the molecule is Br.Cc1ccccc1N1C(=N)SC2CS(=O)(=O)CC21. The van der Waals surface area contributed by atoms with Gasteiger partial charge >= 0.3 is 0 Å². The van der Waals surface area contributed by atoms with E-state index in [1.54, 1.807) is 0 Å². The molecule has 0 saturated carbocycles. The van der Waals surface area contributed by atoms with Gasteiger partial charge in [0.15, 0.2) is 15.0 Å². The smallest absolute Gasteiger partial charge is 0.161 e. The molecule has 104 valence electrons. The van der Waals surface area contributed by atoms with Crippen molar-refractivity contribution in [3.8, 4) is 0 Å². The number of anilines is 1. The molecular weight excluding hydrogens is 348 g/mol. The van der Waals surface area contributed by atoms with Crippen molar-refractivity contribution in [1.82, 2.24) is 0 Å². The molecule has 2 atom stereocenters. The van der Waals surface area contributed by atoms with Crippen LogP contribution >= 0.6 is 28.7 Å². The Morgan fingerprint density at radius 1 is 1.32 bits per heavy atom. The summed E-state index contributed by atoms with van der Waals surface area (Å²) in [6.45, 7) is 1.99. The predicted octanol–water partition coefficient (Wildman–Crippen LogP) is 2.23. The van der Waals surface area contributed by atoms with Gasteiger partial charge in [0.05, 0.1) is 17.5 Å². The van der Waals surface area contributed by atoms with Gasteiger partial charge in [0.1, 0.15) is 0 Å². The number of aryl methyl sites for hydroxylation is 1. The number of halogens is 1. The van der Waals surface area contributed by atoms with E-state index in [-0.39, 0.29) is 39.8 Å². The van der Waals surface area contributed by atoms with Crippen LogP contribution in [0.5, 0.6) is 0 Å². The molecule has 0 bridgehead atoms. The van der Waals surface area contributed by atoms with Gasteiger partial charge in [-0.2, -0.15) is 0 Å². The fourth-order valence-corrected chi connectivity index (χ4v) is 6.41. The molecule has 1 N–H and O–H groups in total. The third-order valence-electron chi connectivity index (χ3n) is 3.46. The summed E-state index contributed by atoms with van der Waals surface area (Å²) in [4.78, 5) is 1.88. The van der Waals surface area contributed by atoms with Crippen LogP contribution in [0.2, 0.25) is 0 Å². The molecule has 4 nitrogen and oxygen atoms in total. The van der Waals surface area contributed by atoms with Crippen LogP contribution in [-0.4, -0.2) is 36.4 Å². The first-order valence-electron chi connectivity index (χ1n) is 5.78. The van der Waals surface area contributed by atoms with Crippen molar-refractivity contribution < 1.29 is 8.42 Å². The molecule has 2 saturated heterocycles. The van der Waals surface area contributed by atoms with E-state index in [1.807, 2.05) is 36.1 Å². The Bertz CT molecular complexity index is 618. The lowest BCUT2D eigenvalue weighted by atomic mass is 10.1. The molecule has 3 rings (SSSR count). The second-order valence-corrected chi connectivity index (χ2v) is 8.14. The fourth-order valence-electron chi connectivity index (χ4n) is 2.62. The quantitative estimate of drug-likeness (QED) is 0.831. The summed E-state index contributed by atoms with van der Waals surface area (Å²) < 4.78 is 23.4. The van der Waals surface area contributed by atoms with Crippen LogP contribution in [0.3, 0.4) is 0 Å². The van der Waals surface area contributed by atoms with Crippen molar-refractivity contribution >= 4 is 49.4 Å². The zero-order chi connectivity index (χ0) is 12.9. The third-order valence-corrected chi connectivity index (χ3v) is 6.59. The maximum Gasteiger partial charge on any atom is 0.161 e. The van der Waals surface area contributed by atoms with E-state index in [1.165, 1.54) is 11.8 Å². The third kappa shape index (κ3) is 2.55. The van der Waals surface area contributed by atoms with Crippen molar-refractivity contribution in [3.05, 3.63) is 29.8 Å². The Morgan fingerprint density at radius 2 is 2.00 bits per heavy atom. The van der Waals surface area contributed by atoms with Crippen molar-refractivity contribution in [1.29, 1.82) is 5.41 Å². The molecule has 1 aromatic carbocycles. The molecule has 2 aliphatic rings. The molecule has 2 fully saturated rings. The number of thioether (sulfide) groups is 1. The van der Waals surface area contributed by atoms with E-state index in [4.69, 9.17) is 5.41 Å². The minimum atomic E-state index is -2.94. The Hall–Kier alpha value is -0.530. The monoisotopic (exact) mass is 362 g/mol. The van der Waals surface area contributed by atoms with E-state index in [0.29, 0.717) is 5.17 Å². The van der Waals surface area contributed by atoms with Gasteiger partial charge in [0, 0.05) is 10.9 Å². The number of hydrogen-bond acceptors (Lipinski definition) is 4. The van der Waals surface area contributed by atoms with Gasteiger partial charge in [-0.1, -0.05) is 30.0 Å². The molecule has 0 aromatic heterocycles. The standard InChI is InChI=1S/C12H14N2O2S2.BrH/c1-8-4-2-3-5-9(8)14-10-6-18(15,16)7-11(10)17-12(14)13;/h2-5,10-11,13H,6-7H2,1H3;1H. The first-order valence-corrected chi connectivity index (χ1v) is 8.48. The molecule has 0 radical (unpaired) electrons. The maximum absolute atomic E-state index is 11.7. The Balaban J connectivity index is 0.00000133. The summed E-state index contributed by atoms with van der Waals surface area (Å²) in [5.41, 5.74) is 2.03. The summed E-state index contributed by atoms with van der Waals surface area (Å²) in [7, 11) is -2.94. The second-order valence-electron chi connectivity index (χ2n) is 4.76. The molecule has 19 heavy (non-hydrogen) atoms. The summed E-state index contributed by atoms with van der Waals surface area (Å²) in [5, 5.41) is 8.54. The number of nitrogens with one attached hydrogen (secondary N) is 1. The van der Waals surface area contributed by atoms with E-state index >= 15 is 0 Å². The highest BCUT2D eigenvalue weighted by Crippen LogP contribution is 2.40. The zero-order valence-corrected chi connectivity index (χ0v) is 13.7. The number of nitrogens with zero attached hydrogens (tertiary/aromatic N) is 1. The van der Waals surface area contributed by atoms with Gasteiger partial charge in [-0.25, -0.2) is 8.42 Å². The van der Waals surface area contributed by atoms with Gasteiger partial charge in [0.25, 0.3) is 0 Å². The van der Waals surface area contributed by atoms with Gasteiger partial charge < -0.3 is 4.90 Å². The lowest BCUT2D eigenvalue weighted by Gasteiger charge is -2.25. The van der Waals surface area contributed by atoms with E-state index in [0.717, 1.165) is 11.3 Å². The van der Waals surface area contributed by atoms with Gasteiger partial charge in [0.2, 0.25) is 0 Å². The average Bonchev–Trinajstić information content (AvgIpc) is 2.70. The van der Waals surface area contributed by atoms with Gasteiger partial charge in [-0.15, -0.1) is 17.0 Å². The first kappa shape index (κ1) is 14.9. The van der Waals surface area contributed by atoms with Crippen LogP contribution < -0.4 is 4.90 Å². The van der Waals surface area contributed by atoms with Gasteiger partial charge in [-0.05, 0) is 18.6 Å². The number of benzene rings is 1. The predicted molar refractivity (Wildman–Crippen MR) is 85.5 cm³/mol. The highest BCUT2D eigenvalue weighted by Gasteiger charge is 2.48. The summed E-state index contributed by atoms with van der Waals surface area (Å²) >= 11 is 1.38. The zero-order valence-electron chi connectivity index (χ0n) is 10.4. The lowest BCUT2D eigenvalue weighted by Crippen LogP contribution is -2.37. The second kappa shape index (κ2) is 5.10. The number of rotatable bonds is 1. The molecule has 0 aliphatic carbocycles. The molecule has 2 aliphatic heterocycles. The molecule has 7 heteroatoms. The summed E-state index contributed by atoms with van der Waals surface area (Å²) in [5.74, 6) is 0.370. The van der Waals surface area contributed by atoms with Crippen LogP contribution in [0.25, 0.3) is 0 Å². The first-order chi connectivity index (χ1) is 8.48. The summed E-state index contributed by atoms with van der Waals surface area (Å²) in [6.07, 6.45) is 0. The highest BCUT2D eigenvalue weighted by atomic mass is 79.9. The highest BCUT2D eigenvalue weighted by molar-refractivity contribution is 8.93. The van der Waals surface area contributed by atoms with Crippen LogP contribution in [0, 0.1) is 12.3 Å². The summed E-state index contributed by atoms with van der Waals surface area (Å²) in [6, 6.07) is 7.75. The van der Waals surface area contributed by atoms with Crippen LogP contribution in [0.4, 0.5) is 5.69 Å². The Morgan fingerprint density at radius 3 is 2.68 bits per heavy atom. The topological polar surface area (TPSA) is 61.2 Å². The molecular formula is C12H15BrN2O2S2.